The van der Waals surface area contributed by atoms with E-state index in [1.807, 2.05) is 19.1 Å². The van der Waals surface area contributed by atoms with E-state index in [1.165, 1.54) is 0 Å². The van der Waals surface area contributed by atoms with E-state index in [2.05, 4.69) is 30.4 Å². The maximum Gasteiger partial charge on any atom is 0.224 e. The molecule has 146 valence electrons. The smallest absolute Gasteiger partial charge is 0.224 e. The lowest BCUT2D eigenvalue weighted by Gasteiger charge is -2.33. The highest BCUT2D eigenvalue weighted by atomic mass is 16.5. The first-order chi connectivity index (χ1) is 13.2. The van der Waals surface area contributed by atoms with Crippen LogP contribution in [0.4, 0.5) is 5.82 Å². The molecule has 1 amide bonds. The van der Waals surface area contributed by atoms with Gasteiger partial charge in [-0.1, -0.05) is 0 Å². The highest BCUT2D eigenvalue weighted by Crippen LogP contribution is 2.22. The van der Waals surface area contributed by atoms with Gasteiger partial charge >= 0.3 is 0 Å². The van der Waals surface area contributed by atoms with Gasteiger partial charge in [-0.3, -0.25) is 9.69 Å². The minimum Gasteiger partial charge on any atom is -0.379 e. The van der Waals surface area contributed by atoms with Crippen LogP contribution in [0, 0.1) is 12.8 Å². The third kappa shape index (κ3) is 4.19. The van der Waals surface area contributed by atoms with Crippen molar-refractivity contribution in [2.24, 2.45) is 5.92 Å². The first-order valence-corrected chi connectivity index (χ1v) is 9.72. The number of nitrogens with one attached hydrogen (secondary N) is 1. The third-order valence-corrected chi connectivity index (χ3v) is 5.35. The Morgan fingerprint density at radius 1 is 1.26 bits per heavy atom. The molecule has 0 aliphatic carbocycles. The van der Waals surface area contributed by atoms with Gasteiger partial charge in [0.25, 0.3) is 0 Å². The quantitative estimate of drug-likeness (QED) is 0.795. The number of anilines is 1. The van der Waals surface area contributed by atoms with Crippen LogP contribution >= 0.6 is 0 Å². The molecule has 2 saturated heterocycles. The summed E-state index contributed by atoms with van der Waals surface area (Å²) < 4.78 is 7.11. The summed E-state index contributed by atoms with van der Waals surface area (Å²) in [4.78, 5) is 17.1. The fraction of sp³-hybridized carbons (Fsp3) is 0.667. The number of morpholine rings is 1. The maximum absolute atomic E-state index is 12.6. The van der Waals surface area contributed by atoms with Crippen molar-refractivity contribution in [2.75, 3.05) is 57.4 Å². The molecule has 0 radical (unpaired) electrons. The van der Waals surface area contributed by atoms with Gasteiger partial charge in [0, 0.05) is 39.3 Å². The minimum absolute atomic E-state index is 0.00273. The number of fused-ring (bicyclic) bond motifs is 1. The minimum atomic E-state index is 0.00273. The first kappa shape index (κ1) is 18.1. The van der Waals surface area contributed by atoms with Crippen molar-refractivity contribution in [3.05, 3.63) is 18.0 Å². The van der Waals surface area contributed by atoms with Crippen molar-refractivity contribution in [1.29, 1.82) is 0 Å². The Kier molecular flexibility index (Phi) is 5.49. The second-order valence-electron chi connectivity index (χ2n) is 7.24. The topological polar surface area (TPSA) is 87.9 Å². The maximum atomic E-state index is 12.6. The van der Waals surface area contributed by atoms with Crippen LogP contribution < -0.4 is 10.2 Å². The van der Waals surface area contributed by atoms with Gasteiger partial charge in [0.05, 0.1) is 19.1 Å². The van der Waals surface area contributed by atoms with Crippen LogP contribution in [0.15, 0.2) is 12.1 Å². The van der Waals surface area contributed by atoms with Crippen molar-refractivity contribution in [3.8, 4) is 0 Å². The second kappa shape index (κ2) is 8.18. The molecule has 0 unspecified atom stereocenters. The Balaban J connectivity index is 1.32. The molecule has 1 N–H and O–H groups in total. The summed E-state index contributed by atoms with van der Waals surface area (Å²) in [6.45, 7) is 8.55. The van der Waals surface area contributed by atoms with Gasteiger partial charge in [0.1, 0.15) is 5.82 Å². The molecule has 4 rings (SSSR count). The van der Waals surface area contributed by atoms with Crippen molar-refractivity contribution >= 4 is 17.4 Å². The Labute approximate surface area is 158 Å². The molecule has 2 fully saturated rings. The number of amides is 1. The number of hydrogen-bond acceptors (Lipinski definition) is 7. The zero-order valence-corrected chi connectivity index (χ0v) is 15.8. The van der Waals surface area contributed by atoms with Crippen LogP contribution in [-0.2, 0) is 9.53 Å². The Morgan fingerprint density at radius 2 is 2.11 bits per heavy atom. The van der Waals surface area contributed by atoms with Crippen LogP contribution in [0.25, 0.3) is 5.65 Å². The first-order valence-electron chi connectivity index (χ1n) is 9.72. The van der Waals surface area contributed by atoms with Gasteiger partial charge in [0.15, 0.2) is 11.5 Å². The number of ether oxygens (including phenoxy) is 1. The molecule has 2 aliphatic rings. The lowest BCUT2D eigenvalue weighted by Crippen LogP contribution is -2.46. The molecule has 2 aromatic heterocycles. The third-order valence-electron chi connectivity index (χ3n) is 5.35. The van der Waals surface area contributed by atoms with Crippen LogP contribution in [0.1, 0.15) is 18.7 Å². The zero-order valence-electron chi connectivity index (χ0n) is 15.8. The average molecular weight is 373 g/mol. The Hall–Kier alpha value is -2.26. The molecule has 9 nitrogen and oxygen atoms in total. The summed E-state index contributed by atoms with van der Waals surface area (Å²) in [6, 6.07) is 3.89. The van der Waals surface area contributed by atoms with E-state index in [4.69, 9.17) is 4.74 Å². The largest absolute Gasteiger partial charge is 0.379 e. The Morgan fingerprint density at radius 3 is 2.96 bits per heavy atom. The highest BCUT2D eigenvalue weighted by molar-refractivity contribution is 5.79. The van der Waals surface area contributed by atoms with Crippen LogP contribution in [0.2, 0.25) is 0 Å². The fourth-order valence-electron chi connectivity index (χ4n) is 3.76. The zero-order chi connectivity index (χ0) is 18.6. The van der Waals surface area contributed by atoms with Crippen LogP contribution in [0.3, 0.4) is 0 Å². The number of nitrogens with zero attached hydrogens (tertiary/aromatic N) is 6. The van der Waals surface area contributed by atoms with E-state index >= 15 is 0 Å². The predicted molar refractivity (Wildman–Crippen MR) is 101 cm³/mol. The van der Waals surface area contributed by atoms with E-state index in [-0.39, 0.29) is 11.8 Å². The number of aryl methyl sites for hydroxylation is 1. The SMILES string of the molecule is Cc1nnc2ccc(N3CCC[C@H](C(=O)NCCN4CCOCC4)C3)nn12. The van der Waals surface area contributed by atoms with Gasteiger partial charge in [-0.05, 0) is 31.9 Å². The van der Waals surface area contributed by atoms with E-state index in [0.717, 1.165) is 69.5 Å². The molecule has 27 heavy (non-hydrogen) atoms. The molecule has 0 aromatic carbocycles. The number of aromatic nitrogens is 4. The molecule has 2 aromatic rings. The van der Waals surface area contributed by atoms with Gasteiger partial charge in [-0.15, -0.1) is 15.3 Å². The van der Waals surface area contributed by atoms with Crippen molar-refractivity contribution < 1.29 is 9.53 Å². The van der Waals surface area contributed by atoms with Gasteiger partial charge in [-0.25, -0.2) is 0 Å². The monoisotopic (exact) mass is 373 g/mol. The average Bonchev–Trinajstić information content (AvgIpc) is 3.09. The molecule has 0 bridgehead atoms. The number of piperidine rings is 1. The molecule has 2 aliphatic heterocycles. The summed E-state index contributed by atoms with van der Waals surface area (Å²) in [5, 5.41) is 15.9. The summed E-state index contributed by atoms with van der Waals surface area (Å²) in [5.74, 6) is 1.79. The molecule has 1 atom stereocenters. The van der Waals surface area contributed by atoms with E-state index in [9.17, 15) is 4.79 Å². The number of carbonyl (C=O) groups excluding carboxylic acids is 1. The number of hydrogen-bond donors (Lipinski definition) is 1. The molecular formula is C18H27N7O2. The summed E-state index contributed by atoms with van der Waals surface area (Å²) in [7, 11) is 0. The number of rotatable bonds is 5. The molecule has 0 spiro atoms. The predicted octanol–water partition coefficient (Wildman–Crippen LogP) is 0.0975. The van der Waals surface area contributed by atoms with Crippen molar-refractivity contribution in [1.82, 2.24) is 30.0 Å². The van der Waals surface area contributed by atoms with Crippen molar-refractivity contribution in [3.63, 3.8) is 0 Å². The highest BCUT2D eigenvalue weighted by Gasteiger charge is 2.27. The summed E-state index contributed by atoms with van der Waals surface area (Å²) in [6.07, 6.45) is 1.91. The van der Waals surface area contributed by atoms with E-state index in [0.29, 0.717) is 13.1 Å². The molecule has 0 saturated carbocycles. The van der Waals surface area contributed by atoms with Gasteiger partial charge in [0.2, 0.25) is 5.91 Å². The summed E-state index contributed by atoms with van der Waals surface area (Å²) in [5.41, 5.74) is 0.741. The lowest BCUT2D eigenvalue weighted by atomic mass is 9.97. The van der Waals surface area contributed by atoms with E-state index < -0.39 is 0 Å². The Bertz CT molecular complexity index is 787. The van der Waals surface area contributed by atoms with Crippen LogP contribution in [0.5, 0.6) is 0 Å². The van der Waals surface area contributed by atoms with E-state index in [1.54, 1.807) is 4.52 Å². The molecular weight excluding hydrogens is 346 g/mol. The molecule has 4 heterocycles. The van der Waals surface area contributed by atoms with Crippen LogP contribution in [-0.4, -0.2) is 83.1 Å². The van der Waals surface area contributed by atoms with Gasteiger partial charge in [-0.2, -0.15) is 4.52 Å². The molecule has 9 heteroatoms. The standard InChI is InChI=1S/C18H27N7O2/c1-14-20-21-16-4-5-17(22-25(14)16)24-7-2-3-15(13-24)18(26)19-6-8-23-9-11-27-12-10-23/h4-5,15H,2-3,6-13H2,1H3,(H,19,26)/t15-/m0/s1. The van der Waals surface area contributed by atoms with Crippen molar-refractivity contribution in [2.45, 2.75) is 19.8 Å². The van der Waals surface area contributed by atoms with Gasteiger partial charge < -0.3 is 15.0 Å². The second-order valence-corrected chi connectivity index (χ2v) is 7.24. The summed E-state index contributed by atoms with van der Waals surface area (Å²) >= 11 is 0. The lowest BCUT2D eigenvalue weighted by molar-refractivity contribution is -0.125. The number of carbonyl (C=O) groups is 1. The fourth-order valence-corrected chi connectivity index (χ4v) is 3.76. The normalized spacial score (nSPS) is 21.5.